The molecule has 0 aromatic heterocycles. The van der Waals surface area contributed by atoms with Gasteiger partial charge in [-0.3, -0.25) is 0 Å². The van der Waals surface area contributed by atoms with Crippen LogP contribution in [0, 0.1) is 5.92 Å². The monoisotopic (exact) mass is 506 g/mol. The van der Waals surface area contributed by atoms with Crippen molar-refractivity contribution in [2.75, 3.05) is 20.5 Å². The van der Waals surface area contributed by atoms with Gasteiger partial charge in [0, 0.05) is 7.11 Å². The molecule has 0 aliphatic rings. The summed E-state index contributed by atoms with van der Waals surface area (Å²) in [7, 11) is 1.57. The fraction of sp³-hybridized carbons (Fsp3) is 0.387. The third-order valence-electron chi connectivity index (χ3n) is 5.78. The summed E-state index contributed by atoms with van der Waals surface area (Å²) in [5.41, 5.74) is 2.57. The Labute approximate surface area is 220 Å². The van der Waals surface area contributed by atoms with Crippen molar-refractivity contribution in [3.63, 3.8) is 0 Å². The van der Waals surface area contributed by atoms with Crippen molar-refractivity contribution in [2.24, 2.45) is 5.92 Å². The maximum absolute atomic E-state index is 13.1. The van der Waals surface area contributed by atoms with E-state index in [-0.39, 0.29) is 19.3 Å². The quantitative estimate of drug-likeness (QED) is 0.174. The highest BCUT2D eigenvalue weighted by Gasteiger charge is 2.35. The predicted octanol–water partition coefficient (Wildman–Crippen LogP) is 6.05. The van der Waals surface area contributed by atoms with E-state index in [0.717, 1.165) is 11.1 Å². The second-order valence-electron chi connectivity index (χ2n) is 9.31. The molecule has 6 nitrogen and oxygen atoms in total. The molecule has 0 bridgehead atoms. The van der Waals surface area contributed by atoms with Crippen molar-refractivity contribution in [1.82, 2.24) is 0 Å². The molecule has 198 valence electrons. The molecule has 6 heteroatoms. The summed E-state index contributed by atoms with van der Waals surface area (Å²) in [6.07, 6.45) is -1.07. The van der Waals surface area contributed by atoms with Crippen LogP contribution >= 0.6 is 0 Å². The number of carbonyl (C=O) groups excluding carboxylic acids is 1. The molecule has 0 radical (unpaired) electrons. The fourth-order valence-electron chi connectivity index (χ4n) is 3.97. The first-order valence-corrected chi connectivity index (χ1v) is 12.7. The van der Waals surface area contributed by atoms with Gasteiger partial charge in [-0.05, 0) is 35.6 Å². The van der Waals surface area contributed by atoms with Crippen LogP contribution in [0.5, 0.6) is 0 Å². The van der Waals surface area contributed by atoms with Crippen LogP contribution in [0.15, 0.2) is 91.0 Å². The molecule has 3 aromatic rings. The molecule has 0 fully saturated rings. The van der Waals surface area contributed by atoms with Crippen molar-refractivity contribution in [1.29, 1.82) is 0 Å². The van der Waals surface area contributed by atoms with Crippen LogP contribution in [0.3, 0.4) is 0 Å². The van der Waals surface area contributed by atoms with Crippen LogP contribution in [0.4, 0.5) is 0 Å². The molecule has 0 amide bonds. The molecule has 0 saturated carbocycles. The number of esters is 1. The van der Waals surface area contributed by atoms with Gasteiger partial charge in [-0.1, -0.05) is 92.7 Å². The lowest BCUT2D eigenvalue weighted by atomic mass is 9.98. The summed E-state index contributed by atoms with van der Waals surface area (Å²) >= 11 is 0. The van der Waals surface area contributed by atoms with Gasteiger partial charge in [0.25, 0.3) is 0 Å². The minimum Gasteiger partial charge on any atom is -0.456 e. The van der Waals surface area contributed by atoms with Gasteiger partial charge in [-0.15, -0.1) is 0 Å². The highest BCUT2D eigenvalue weighted by atomic mass is 16.7. The first-order chi connectivity index (χ1) is 18.1. The number of benzene rings is 3. The van der Waals surface area contributed by atoms with Gasteiger partial charge in [-0.2, -0.15) is 0 Å². The molecule has 3 atom stereocenters. The number of methoxy groups -OCH3 is 1. The first kappa shape index (κ1) is 28.5. The Kier molecular flexibility index (Phi) is 12.3. The molecular formula is C31H38O6. The van der Waals surface area contributed by atoms with Crippen LogP contribution in [-0.2, 0) is 36.9 Å². The standard InChI is InChI=1S/C31H38O6/c1-24(2)19-28(37-31(32)27-17-11-6-12-18-27)30(35-21-26-15-9-5-10-16-26)29(36-23-33-3)22-34-20-25-13-7-4-8-14-25/h4-18,24,28-30H,19-23H2,1-3H3. The van der Waals surface area contributed by atoms with Gasteiger partial charge in [0.2, 0.25) is 0 Å². The molecule has 0 saturated heterocycles. The van der Waals surface area contributed by atoms with Crippen molar-refractivity contribution >= 4 is 5.97 Å². The number of hydrogen-bond donors (Lipinski definition) is 0. The molecule has 0 heterocycles. The topological polar surface area (TPSA) is 63.2 Å². The van der Waals surface area contributed by atoms with Crippen LogP contribution in [-0.4, -0.2) is 44.8 Å². The summed E-state index contributed by atoms with van der Waals surface area (Å²) in [4.78, 5) is 13.1. The minimum atomic E-state index is -0.582. The minimum absolute atomic E-state index is 0.0611. The van der Waals surface area contributed by atoms with E-state index in [1.807, 2.05) is 78.9 Å². The lowest BCUT2D eigenvalue weighted by Gasteiger charge is -2.34. The number of rotatable bonds is 16. The van der Waals surface area contributed by atoms with Gasteiger partial charge in [0.1, 0.15) is 25.1 Å². The Morgan fingerprint density at radius 1 is 0.730 bits per heavy atom. The highest BCUT2D eigenvalue weighted by molar-refractivity contribution is 5.89. The Morgan fingerprint density at radius 3 is 1.86 bits per heavy atom. The summed E-state index contributed by atoms with van der Waals surface area (Å²) in [6, 6.07) is 28.9. The van der Waals surface area contributed by atoms with Crippen LogP contribution in [0.25, 0.3) is 0 Å². The predicted molar refractivity (Wildman–Crippen MR) is 143 cm³/mol. The van der Waals surface area contributed by atoms with Crippen LogP contribution in [0.2, 0.25) is 0 Å². The number of carbonyl (C=O) groups is 1. The summed E-state index contributed by atoms with van der Waals surface area (Å²) < 4.78 is 29.9. The Hall–Kier alpha value is -3.03. The van der Waals surface area contributed by atoms with E-state index in [4.69, 9.17) is 23.7 Å². The Bertz CT molecular complexity index is 1010. The zero-order valence-corrected chi connectivity index (χ0v) is 22.0. The molecule has 0 spiro atoms. The van der Waals surface area contributed by atoms with E-state index < -0.39 is 24.3 Å². The summed E-state index contributed by atoms with van der Waals surface area (Å²) in [5.74, 6) is -0.139. The zero-order chi connectivity index (χ0) is 26.3. The van der Waals surface area contributed by atoms with Gasteiger partial charge < -0.3 is 23.7 Å². The number of hydrogen-bond acceptors (Lipinski definition) is 6. The fourth-order valence-corrected chi connectivity index (χ4v) is 3.97. The molecule has 37 heavy (non-hydrogen) atoms. The van der Waals surface area contributed by atoms with Crippen molar-refractivity contribution in [3.05, 3.63) is 108 Å². The van der Waals surface area contributed by atoms with E-state index in [1.165, 1.54) is 0 Å². The average molecular weight is 507 g/mol. The summed E-state index contributed by atoms with van der Waals surface area (Å²) in [6.45, 7) is 5.26. The van der Waals surface area contributed by atoms with E-state index in [9.17, 15) is 4.79 Å². The maximum atomic E-state index is 13.1. The third kappa shape index (κ3) is 10.1. The molecule has 0 aliphatic carbocycles. The van der Waals surface area contributed by atoms with E-state index in [0.29, 0.717) is 25.2 Å². The largest absolute Gasteiger partial charge is 0.456 e. The average Bonchev–Trinajstić information content (AvgIpc) is 2.92. The molecule has 0 aliphatic heterocycles. The van der Waals surface area contributed by atoms with Gasteiger partial charge in [-0.25, -0.2) is 4.79 Å². The molecule has 3 unspecified atom stereocenters. The SMILES string of the molecule is COCOC(COCc1ccccc1)C(OCc1ccccc1)C(CC(C)C)OC(=O)c1ccccc1. The van der Waals surface area contributed by atoms with E-state index >= 15 is 0 Å². The van der Waals surface area contributed by atoms with Crippen molar-refractivity contribution < 1.29 is 28.5 Å². The lowest BCUT2D eigenvalue weighted by molar-refractivity contribution is -0.181. The van der Waals surface area contributed by atoms with Gasteiger partial charge >= 0.3 is 5.97 Å². The highest BCUT2D eigenvalue weighted by Crippen LogP contribution is 2.23. The molecule has 0 N–H and O–H groups in total. The van der Waals surface area contributed by atoms with Crippen molar-refractivity contribution in [3.8, 4) is 0 Å². The van der Waals surface area contributed by atoms with E-state index in [2.05, 4.69) is 13.8 Å². The first-order valence-electron chi connectivity index (χ1n) is 12.7. The molecule has 3 aromatic carbocycles. The van der Waals surface area contributed by atoms with E-state index in [1.54, 1.807) is 19.2 Å². The second kappa shape index (κ2) is 15.9. The van der Waals surface area contributed by atoms with Crippen LogP contribution < -0.4 is 0 Å². The maximum Gasteiger partial charge on any atom is 0.338 e. The normalized spacial score (nSPS) is 13.7. The smallest absolute Gasteiger partial charge is 0.338 e. The third-order valence-corrected chi connectivity index (χ3v) is 5.78. The Balaban J connectivity index is 1.83. The number of ether oxygens (including phenoxy) is 5. The molecular weight excluding hydrogens is 468 g/mol. The second-order valence-corrected chi connectivity index (χ2v) is 9.31. The zero-order valence-electron chi connectivity index (χ0n) is 22.0. The van der Waals surface area contributed by atoms with Gasteiger partial charge in [0.05, 0.1) is 25.4 Å². The van der Waals surface area contributed by atoms with Crippen molar-refractivity contribution in [2.45, 2.75) is 51.8 Å². The van der Waals surface area contributed by atoms with Crippen LogP contribution in [0.1, 0.15) is 41.8 Å². The lowest BCUT2D eigenvalue weighted by Crippen LogP contribution is -2.46. The summed E-state index contributed by atoms with van der Waals surface area (Å²) in [5, 5.41) is 0. The Morgan fingerprint density at radius 2 is 1.30 bits per heavy atom. The molecule has 3 rings (SSSR count). The van der Waals surface area contributed by atoms with Gasteiger partial charge in [0.15, 0.2) is 0 Å².